The zero-order chi connectivity index (χ0) is 13.3. The molecule has 0 fully saturated rings. The number of benzene rings is 2. The fraction of sp³-hybridized carbons (Fsp3) is 0.143. The second-order valence-corrected chi connectivity index (χ2v) is 4.17. The van der Waals surface area contributed by atoms with Gasteiger partial charge in [-0.15, -0.1) is 0 Å². The first-order valence-corrected chi connectivity index (χ1v) is 5.49. The van der Waals surface area contributed by atoms with Gasteiger partial charge in [0.25, 0.3) is 0 Å². The highest BCUT2D eigenvalue weighted by molar-refractivity contribution is 5.64. The van der Waals surface area contributed by atoms with E-state index in [-0.39, 0.29) is 11.6 Å². The number of hydrogen-bond acceptors (Lipinski definition) is 1. The summed E-state index contributed by atoms with van der Waals surface area (Å²) in [4.78, 5) is 0. The van der Waals surface area contributed by atoms with Crippen LogP contribution >= 0.6 is 0 Å². The Hall–Kier alpha value is -1.81. The third-order valence-corrected chi connectivity index (χ3v) is 2.73. The van der Waals surface area contributed by atoms with Crippen LogP contribution in [0.4, 0.5) is 13.2 Å². The molecule has 18 heavy (non-hydrogen) atoms. The van der Waals surface area contributed by atoms with E-state index in [1.165, 1.54) is 0 Å². The Kier molecular flexibility index (Phi) is 3.39. The van der Waals surface area contributed by atoms with E-state index in [1.54, 1.807) is 18.2 Å². The van der Waals surface area contributed by atoms with E-state index >= 15 is 0 Å². The van der Waals surface area contributed by atoms with Gasteiger partial charge < -0.3 is 5.73 Å². The van der Waals surface area contributed by atoms with Crippen molar-refractivity contribution in [3.8, 4) is 11.1 Å². The van der Waals surface area contributed by atoms with E-state index in [0.717, 1.165) is 17.7 Å². The van der Waals surface area contributed by atoms with E-state index in [1.807, 2.05) is 13.0 Å². The van der Waals surface area contributed by atoms with E-state index in [4.69, 9.17) is 5.73 Å². The molecular formula is C14H12F3N. The van der Waals surface area contributed by atoms with Gasteiger partial charge >= 0.3 is 0 Å². The summed E-state index contributed by atoms with van der Waals surface area (Å²) in [6.45, 7) is 1.81. The van der Waals surface area contributed by atoms with Crippen molar-refractivity contribution < 1.29 is 13.2 Å². The first-order chi connectivity index (χ1) is 8.49. The van der Waals surface area contributed by atoms with Crippen LogP contribution in [0.5, 0.6) is 0 Å². The Bertz CT molecular complexity index is 556. The van der Waals surface area contributed by atoms with Crippen LogP contribution in [-0.4, -0.2) is 0 Å². The van der Waals surface area contributed by atoms with Crippen molar-refractivity contribution >= 4 is 0 Å². The summed E-state index contributed by atoms with van der Waals surface area (Å²) in [7, 11) is 0. The van der Waals surface area contributed by atoms with Gasteiger partial charge in [0.15, 0.2) is 17.5 Å². The molecule has 0 saturated carbocycles. The first kappa shape index (κ1) is 12.6. The quantitative estimate of drug-likeness (QED) is 0.807. The molecular weight excluding hydrogens is 239 g/mol. The molecule has 0 amide bonds. The predicted octanol–water partition coefficient (Wildman–Crippen LogP) is 3.79. The summed E-state index contributed by atoms with van der Waals surface area (Å²) in [6, 6.07) is 8.75. The molecule has 0 aliphatic heterocycles. The fourth-order valence-corrected chi connectivity index (χ4v) is 1.72. The summed E-state index contributed by atoms with van der Waals surface area (Å²) in [5.74, 6) is -3.85. The van der Waals surface area contributed by atoms with Crippen LogP contribution in [0.2, 0.25) is 0 Å². The monoisotopic (exact) mass is 251 g/mol. The smallest absolute Gasteiger partial charge is 0.194 e. The van der Waals surface area contributed by atoms with Crippen molar-refractivity contribution in [3.63, 3.8) is 0 Å². The van der Waals surface area contributed by atoms with Crippen molar-refractivity contribution in [2.45, 2.75) is 13.0 Å². The average Bonchev–Trinajstić information content (AvgIpc) is 2.35. The van der Waals surface area contributed by atoms with Crippen LogP contribution in [0.3, 0.4) is 0 Å². The Morgan fingerprint density at radius 1 is 0.944 bits per heavy atom. The Morgan fingerprint density at radius 2 is 1.56 bits per heavy atom. The molecule has 0 spiro atoms. The summed E-state index contributed by atoms with van der Waals surface area (Å²) in [6.07, 6.45) is 0. The molecule has 2 aromatic rings. The summed E-state index contributed by atoms with van der Waals surface area (Å²) in [5, 5.41) is 0. The molecule has 0 bridgehead atoms. The fourth-order valence-electron chi connectivity index (χ4n) is 1.72. The highest BCUT2D eigenvalue weighted by Crippen LogP contribution is 2.25. The van der Waals surface area contributed by atoms with Gasteiger partial charge in [0.2, 0.25) is 0 Å². The zero-order valence-electron chi connectivity index (χ0n) is 9.75. The van der Waals surface area contributed by atoms with E-state index in [2.05, 4.69) is 0 Å². The lowest BCUT2D eigenvalue weighted by atomic mass is 10.0. The van der Waals surface area contributed by atoms with Crippen molar-refractivity contribution in [2.75, 3.05) is 0 Å². The second kappa shape index (κ2) is 4.82. The molecule has 2 N–H and O–H groups in total. The lowest BCUT2D eigenvalue weighted by Crippen LogP contribution is -2.04. The highest BCUT2D eigenvalue weighted by Gasteiger charge is 2.12. The summed E-state index contributed by atoms with van der Waals surface area (Å²) in [5.41, 5.74) is 7.47. The third-order valence-electron chi connectivity index (χ3n) is 2.73. The van der Waals surface area contributed by atoms with E-state index in [9.17, 15) is 13.2 Å². The molecule has 0 aliphatic carbocycles. The van der Waals surface area contributed by atoms with Crippen molar-refractivity contribution in [1.82, 2.24) is 0 Å². The Morgan fingerprint density at radius 3 is 2.11 bits per heavy atom. The normalized spacial score (nSPS) is 12.5. The largest absolute Gasteiger partial charge is 0.324 e. The highest BCUT2D eigenvalue weighted by atomic mass is 19.2. The van der Waals surface area contributed by atoms with Gasteiger partial charge in [0.05, 0.1) is 0 Å². The van der Waals surface area contributed by atoms with Gasteiger partial charge in [-0.1, -0.05) is 18.2 Å². The SMILES string of the molecule is CC(N)c1cccc(-c2cc(F)c(F)c(F)c2)c1. The second-order valence-electron chi connectivity index (χ2n) is 4.17. The zero-order valence-corrected chi connectivity index (χ0v) is 9.75. The Labute approximate surface area is 103 Å². The molecule has 1 unspecified atom stereocenters. The van der Waals surface area contributed by atoms with Crippen molar-refractivity contribution in [1.29, 1.82) is 0 Å². The van der Waals surface area contributed by atoms with Gasteiger partial charge in [-0.2, -0.15) is 0 Å². The van der Waals surface area contributed by atoms with Crippen LogP contribution in [0.25, 0.3) is 11.1 Å². The van der Waals surface area contributed by atoms with Gasteiger partial charge in [0, 0.05) is 6.04 Å². The van der Waals surface area contributed by atoms with E-state index < -0.39 is 17.5 Å². The molecule has 0 aromatic heterocycles. The van der Waals surface area contributed by atoms with E-state index in [0.29, 0.717) is 5.56 Å². The molecule has 0 radical (unpaired) electrons. The van der Waals surface area contributed by atoms with Crippen molar-refractivity contribution in [2.24, 2.45) is 5.73 Å². The first-order valence-electron chi connectivity index (χ1n) is 5.49. The summed E-state index contributed by atoms with van der Waals surface area (Å²) >= 11 is 0. The number of hydrogen-bond donors (Lipinski definition) is 1. The third kappa shape index (κ3) is 2.38. The topological polar surface area (TPSA) is 26.0 Å². The molecule has 1 nitrogen and oxygen atoms in total. The molecule has 2 aromatic carbocycles. The lowest BCUT2D eigenvalue weighted by Gasteiger charge is -2.09. The molecule has 94 valence electrons. The number of halogens is 3. The lowest BCUT2D eigenvalue weighted by molar-refractivity contribution is 0.447. The maximum absolute atomic E-state index is 13.1. The van der Waals surface area contributed by atoms with Gasteiger partial charge in [-0.3, -0.25) is 0 Å². The average molecular weight is 251 g/mol. The van der Waals surface area contributed by atoms with Gasteiger partial charge in [-0.25, -0.2) is 13.2 Å². The van der Waals surface area contributed by atoms with Crippen LogP contribution in [-0.2, 0) is 0 Å². The van der Waals surface area contributed by atoms with Crippen LogP contribution in [0.1, 0.15) is 18.5 Å². The minimum absolute atomic E-state index is 0.180. The van der Waals surface area contributed by atoms with Crippen LogP contribution in [0, 0.1) is 17.5 Å². The minimum atomic E-state index is -1.46. The van der Waals surface area contributed by atoms with Crippen molar-refractivity contribution in [3.05, 3.63) is 59.4 Å². The summed E-state index contributed by atoms with van der Waals surface area (Å²) < 4.78 is 39.2. The molecule has 0 saturated heterocycles. The Balaban J connectivity index is 2.52. The van der Waals surface area contributed by atoms with Crippen LogP contribution in [0.15, 0.2) is 36.4 Å². The molecule has 2 rings (SSSR count). The standard InChI is InChI=1S/C14H12F3N/c1-8(18)9-3-2-4-10(5-9)11-6-12(15)14(17)13(16)7-11/h2-8H,18H2,1H3. The molecule has 4 heteroatoms. The maximum Gasteiger partial charge on any atom is 0.194 e. The number of rotatable bonds is 2. The molecule has 0 heterocycles. The predicted molar refractivity (Wildman–Crippen MR) is 64.4 cm³/mol. The molecule has 0 aliphatic rings. The number of nitrogens with two attached hydrogens (primary N) is 1. The molecule has 1 atom stereocenters. The van der Waals surface area contributed by atoms with Crippen LogP contribution < -0.4 is 5.73 Å². The van der Waals surface area contributed by atoms with Gasteiger partial charge in [0.1, 0.15) is 0 Å². The maximum atomic E-state index is 13.1. The minimum Gasteiger partial charge on any atom is -0.324 e. The van der Waals surface area contributed by atoms with Gasteiger partial charge in [-0.05, 0) is 41.8 Å².